The summed E-state index contributed by atoms with van der Waals surface area (Å²) in [7, 11) is 0. The highest BCUT2D eigenvalue weighted by atomic mass is 16.6. The quantitative estimate of drug-likeness (QED) is 0.695. The molecule has 0 amide bonds. The zero-order valence-electron chi connectivity index (χ0n) is 10.2. The average Bonchev–Trinajstić information content (AvgIpc) is 2.17. The first kappa shape index (κ1) is 13.0. The Kier molecular flexibility index (Phi) is 4.33. The number of rotatable bonds is 3. The van der Waals surface area contributed by atoms with Gasteiger partial charge in [0.25, 0.3) is 0 Å². The number of esters is 2. The summed E-state index contributed by atoms with van der Waals surface area (Å²) in [6.45, 7) is 4.40. The number of ether oxygens (including phenoxy) is 2. The van der Waals surface area contributed by atoms with Crippen molar-refractivity contribution in [2.45, 2.75) is 64.6 Å². The molecule has 0 aromatic heterocycles. The summed E-state index contributed by atoms with van der Waals surface area (Å²) in [6.07, 6.45) is 5.25. The zero-order chi connectivity index (χ0) is 12.2. The monoisotopic (exact) mass is 228 g/mol. The summed E-state index contributed by atoms with van der Waals surface area (Å²) in [4.78, 5) is 22.6. The Morgan fingerprint density at radius 3 is 2.19 bits per heavy atom. The molecular formula is C12H20O4. The lowest BCUT2D eigenvalue weighted by Crippen LogP contribution is -2.40. The fourth-order valence-corrected chi connectivity index (χ4v) is 1.88. The van der Waals surface area contributed by atoms with E-state index in [4.69, 9.17) is 9.47 Å². The van der Waals surface area contributed by atoms with Crippen LogP contribution < -0.4 is 0 Å². The second-order valence-corrected chi connectivity index (χ2v) is 4.77. The van der Waals surface area contributed by atoms with Gasteiger partial charge in [0.2, 0.25) is 5.60 Å². The van der Waals surface area contributed by atoms with Gasteiger partial charge in [-0.15, -0.1) is 0 Å². The standard InChI is InChI=1S/C12H20O4/c1-9(13)16-12(2,3)11(14)15-10-7-5-4-6-8-10/h10H,4-8H2,1-3H3. The van der Waals surface area contributed by atoms with Gasteiger partial charge in [0, 0.05) is 6.92 Å². The number of hydrogen-bond donors (Lipinski definition) is 0. The predicted molar refractivity (Wildman–Crippen MR) is 58.8 cm³/mol. The van der Waals surface area contributed by atoms with Crippen molar-refractivity contribution in [3.63, 3.8) is 0 Å². The lowest BCUT2D eigenvalue weighted by atomic mass is 9.97. The van der Waals surface area contributed by atoms with E-state index in [-0.39, 0.29) is 6.10 Å². The predicted octanol–water partition coefficient (Wildman–Crippen LogP) is 2.20. The Morgan fingerprint density at radius 2 is 1.69 bits per heavy atom. The van der Waals surface area contributed by atoms with Crippen molar-refractivity contribution < 1.29 is 19.1 Å². The fourth-order valence-electron chi connectivity index (χ4n) is 1.88. The SMILES string of the molecule is CC(=O)OC(C)(C)C(=O)OC1CCCCC1. The highest BCUT2D eigenvalue weighted by Gasteiger charge is 2.34. The van der Waals surface area contributed by atoms with Crippen LogP contribution in [0.15, 0.2) is 0 Å². The molecule has 16 heavy (non-hydrogen) atoms. The zero-order valence-corrected chi connectivity index (χ0v) is 10.2. The molecule has 1 rings (SSSR count). The summed E-state index contributed by atoms with van der Waals surface area (Å²) in [5, 5.41) is 0. The molecule has 0 atom stereocenters. The van der Waals surface area contributed by atoms with Crippen molar-refractivity contribution >= 4 is 11.9 Å². The van der Waals surface area contributed by atoms with Gasteiger partial charge in [-0.3, -0.25) is 4.79 Å². The first-order chi connectivity index (χ1) is 7.42. The Morgan fingerprint density at radius 1 is 1.12 bits per heavy atom. The largest absolute Gasteiger partial charge is 0.459 e. The van der Waals surface area contributed by atoms with E-state index in [1.807, 2.05) is 0 Å². The van der Waals surface area contributed by atoms with Crippen LogP contribution in [-0.4, -0.2) is 23.6 Å². The van der Waals surface area contributed by atoms with Gasteiger partial charge in [0.15, 0.2) is 0 Å². The Balaban J connectivity index is 2.46. The Bertz CT molecular complexity index is 264. The summed E-state index contributed by atoms with van der Waals surface area (Å²) in [5.74, 6) is -0.916. The molecule has 0 N–H and O–H groups in total. The van der Waals surface area contributed by atoms with Crippen LogP contribution in [0.4, 0.5) is 0 Å². The molecule has 0 aromatic rings. The van der Waals surface area contributed by atoms with Crippen molar-refractivity contribution in [2.75, 3.05) is 0 Å². The van der Waals surface area contributed by atoms with Crippen LogP contribution >= 0.6 is 0 Å². The molecule has 4 nitrogen and oxygen atoms in total. The van der Waals surface area contributed by atoms with Crippen LogP contribution in [0, 0.1) is 0 Å². The molecule has 1 fully saturated rings. The minimum atomic E-state index is -1.18. The summed E-state index contributed by atoms with van der Waals surface area (Å²) in [6, 6.07) is 0. The van der Waals surface area contributed by atoms with E-state index in [9.17, 15) is 9.59 Å². The fraction of sp³-hybridized carbons (Fsp3) is 0.833. The van der Waals surface area contributed by atoms with Crippen molar-refractivity contribution in [1.29, 1.82) is 0 Å². The maximum absolute atomic E-state index is 11.8. The smallest absolute Gasteiger partial charge is 0.350 e. The number of carbonyl (C=O) groups is 2. The maximum Gasteiger partial charge on any atom is 0.350 e. The van der Waals surface area contributed by atoms with Gasteiger partial charge in [0.1, 0.15) is 6.10 Å². The van der Waals surface area contributed by atoms with Gasteiger partial charge >= 0.3 is 11.9 Å². The normalized spacial score (nSPS) is 17.9. The molecule has 0 aromatic carbocycles. The van der Waals surface area contributed by atoms with Crippen LogP contribution in [0.3, 0.4) is 0 Å². The highest BCUT2D eigenvalue weighted by molar-refractivity contribution is 5.82. The van der Waals surface area contributed by atoms with Crippen LogP contribution in [0.1, 0.15) is 52.9 Å². The molecule has 1 saturated carbocycles. The minimum Gasteiger partial charge on any atom is -0.459 e. The van der Waals surface area contributed by atoms with E-state index in [1.165, 1.54) is 13.3 Å². The lowest BCUT2D eigenvalue weighted by molar-refractivity contribution is -0.182. The molecule has 0 radical (unpaired) electrons. The second kappa shape index (κ2) is 5.32. The molecule has 0 aliphatic heterocycles. The van der Waals surface area contributed by atoms with Gasteiger partial charge in [-0.05, 0) is 39.5 Å². The van der Waals surface area contributed by atoms with Gasteiger partial charge in [-0.25, -0.2) is 4.79 Å². The van der Waals surface area contributed by atoms with Crippen LogP contribution in [-0.2, 0) is 19.1 Å². The van der Waals surface area contributed by atoms with E-state index < -0.39 is 17.5 Å². The molecule has 0 spiro atoms. The molecule has 4 heteroatoms. The number of hydrogen-bond acceptors (Lipinski definition) is 4. The second-order valence-electron chi connectivity index (χ2n) is 4.77. The van der Waals surface area contributed by atoms with E-state index >= 15 is 0 Å². The van der Waals surface area contributed by atoms with Crippen LogP contribution in [0.25, 0.3) is 0 Å². The summed E-state index contributed by atoms with van der Waals surface area (Å²) < 4.78 is 10.3. The molecule has 0 bridgehead atoms. The van der Waals surface area contributed by atoms with E-state index in [1.54, 1.807) is 13.8 Å². The van der Waals surface area contributed by atoms with Crippen molar-refractivity contribution in [3.05, 3.63) is 0 Å². The molecule has 0 heterocycles. The molecule has 92 valence electrons. The summed E-state index contributed by atoms with van der Waals surface area (Å²) >= 11 is 0. The Hall–Kier alpha value is -1.06. The topological polar surface area (TPSA) is 52.6 Å². The lowest BCUT2D eigenvalue weighted by Gasteiger charge is -2.27. The molecule has 0 unspecified atom stereocenters. The van der Waals surface area contributed by atoms with E-state index in [0.717, 1.165) is 25.7 Å². The highest BCUT2D eigenvalue weighted by Crippen LogP contribution is 2.23. The Labute approximate surface area is 96.3 Å². The van der Waals surface area contributed by atoms with Crippen LogP contribution in [0.5, 0.6) is 0 Å². The van der Waals surface area contributed by atoms with Gasteiger partial charge in [0.05, 0.1) is 0 Å². The van der Waals surface area contributed by atoms with Gasteiger partial charge in [-0.1, -0.05) is 6.42 Å². The van der Waals surface area contributed by atoms with Crippen LogP contribution in [0.2, 0.25) is 0 Å². The third-order valence-corrected chi connectivity index (χ3v) is 2.72. The van der Waals surface area contributed by atoms with E-state index in [2.05, 4.69) is 0 Å². The molecule has 1 aliphatic rings. The summed E-state index contributed by atoms with van der Waals surface area (Å²) in [5.41, 5.74) is -1.18. The van der Waals surface area contributed by atoms with Crippen molar-refractivity contribution in [2.24, 2.45) is 0 Å². The molecule has 0 saturated heterocycles. The maximum atomic E-state index is 11.8. The third-order valence-electron chi connectivity index (χ3n) is 2.72. The first-order valence-corrected chi connectivity index (χ1v) is 5.82. The van der Waals surface area contributed by atoms with E-state index in [0.29, 0.717) is 0 Å². The third kappa shape index (κ3) is 3.83. The number of carbonyl (C=O) groups excluding carboxylic acids is 2. The van der Waals surface area contributed by atoms with Crippen molar-refractivity contribution in [3.8, 4) is 0 Å². The van der Waals surface area contributed by atoms with Gasteiger partial charge in [-0.2, -0.15) is 0 Å². The molecular weight excluding hydrogens is 208 g/mol. The minimum absolute atomic E-state index is 0.00363. The van der Waals surface area contributed by atoms with Crippen molar-refractivity contribution in [1.82, 2.24) is 0 Å². The first-order valence-electron chi connectivity index (χ1n) is 5.82. The van der Waals surface area contributed by atoms with Gasteiger partial charge < -0.3 is 9.47 Å². The average molecular weight is 228 g/mol. The molecule has 1 aliphatic carbocycles.